The van der Waals surface area contributed by atoms with Crippen LogP contribution < -0.4 is 10.6 Å². The third kappa shape index (κ3) is 4.68. The lowest BCUT2D eigenvalue weighted by Gasteiger charge is -2.22. The Bertz CT molecular complexity index is 439. The van der Waals surface area contributed by atoms with Gasteiger partial charge in [0.25, 0.3) is 5.91 Å². The zero-order valence-corrected chi connectivity index (χ0v) is 11.7. The standard InChI is InChI=1S/C16H22N2O2/c19-15(18-14-9-5-2-6-10-14)11-12-17-16(20)13-7-3-1-4-8-13/h1,3-4,7-8,14H,2,5-6,9-12H2,(H,17,20)(H,18,19). The molecule has 0 atom stereocenters. The van der Waals surface area contributed by atoms with Crippen LogP contribution in [-0.2, 0) is 4.79 Å². The van der Waals surface area contributed by atoms with Crippen molar-refractivity contribution in [2.75, 3.05) is 6.54 Å². The van der Waals surface area contributed by atoms with Crippen molar-refractivity contribution >= 4 is 11.8 Å². The van der Waals surface area contributed by atoms with Crippen LogP contribution in [0.1, 0.15) is 48.9 Å². The Morgan fingerprint density at radius 3 is 2.45 bits per heavy atom. The van der Waals surface area contributed by atoms with Crippen molar-refractivity contribution in [1.82, 2.24) is 10.6 Å². The Morgan fingerprint density at radius 1 is 1.05 bits per heavy atom. The van der Waals surface area contributed by atoms with Crippen LogP contribution >= 0.6 is 0 Å². The summed E-state index contributed by atoms with van der Waals surface area (Å²) in [6, 6.07) is 9.37. The van der Waals surface area contributed by atoms with Crippen LogP contribution in [0.2, 0.25) is 0 Å². The molecule has 0 heterocycles. The average Bonchev–Trinajstić information content (AvgIpc) is 2.49. The van der Waals surface area contributed by atoms with Gasteiger partial charge in [-0.1, -0.05) is 37.5 Å². The highest BCUT2D eigenvalue weighted by Crippen LogP contribution is 2.17. The average molecular weight is 274 g/mol. The van der Waals surface area contributed by atoms with Gasteiger partial charge in [0.1, 0.15) is 0 Å². The molecule has 2 rings (SSSR count). The van der Waals surface area contributed by atoms with Crippen molar-refractivity contribution in [2.24, 2.45) is 0 Å². The van der Waals surface area contributed by atoms with Gasteiger partial charge in [-0.3, -0.25) is 9.59 Å². The SMILES string of the molecule is O=C(CCNC(=O)c1ccccc1)NC1CCCCC1. The molecule has 4 nitrogen and oxygen atoms in total. The number of nitrogens with one attached hydrogen (secondary N) is 2. The predicted molar refractivity (Wildman–Crippen MR) is 78.4 cm³/mol. The minimum atomic E-state index is -0.129. The maximum atomic E-state index is 11.8. The number of amides is 2. The second-order valence-electron chi connectivity index (χ2n) is 5.27. The second-order valence-corrected chi connectivity index (χ2v) is 5.27. The first-order chi connectivity index (χ1) is 9.75. The first-order valence-corrected chi connectivity index (χ1v) is 7.38. The van der Waals surface area contributed by atoms with Crippen LogP contribution in [0.15, 0.2) is 30.3 Å². The number of carbonyl (C=O) groups is 2. The smallest absolute Gasteiger partial charge is 0.251 e. The number of benzene rings is 1. The van der Waals surface area contributed by atoms with Crippen molar-refractivity contribution < 1.29 is 9.59 Å². The highest BCUT2D eigenvalue weighted by molar-refractivity contribution is 5.94. The summed E-state index contributed by atoms with van der Waals surface area (Å²) in [5, 5.41) is 5.81. The van der Waals surface area contributed by atoms with Gasteiger partial charge in [-0.15, -0.1) is 0 Å². The minimum Gasteiger partial charge on any atom is -0.353 e. The van der Waals surface area contributed by atoms with E-state index in [4.69, 9.17) is 0 Å². The topological polar surface area (TPSA) is 58.2 Å². The first kappa shape index (κ1) is 14.6. The van der Waals surface area contributed by atoms with E-state index < -0.39 is 0 Å². The monoisotopic (exact) mass is 274 g/mol. The molecule has 0 saturated heterocycles. The van der Waals surface area contributed by atoms with E-state index in [9.17, 15) is 9.59 Å². The van der Waals surface area contributed by atoms with E-state index in [1.165, 1.54) is 19.3 Å². The number of hydrogen-bond acceptors (Lipinski definition) is 2. The predicted octanol–water partition coefficient (Wildman–Crippen LogP) is 2.26. The van der Waals surface area contributed by atoms with E-state index in [1.54, 1.807) is 12.1 Å². The summed E-state index contributed by atoms with van der Waals surface area (Å²) in [6.07, 6.45) is 6.20. The minimum absolute atomic E-state index is 0.0326. The van der Waals surface area contributed by atoms with Gasteiger partial charge >= 0.3 is 0 Å². The molecule has 2 N–H and O–H groups in total. The van der Waals surface area contributed by atoms with Crippen molar-refractivity contribution in [3.63, 3.8) is 0 Å². The fourth-order valence-corrected chi connectivity index (χ4v) is 2.53. The Balaban J connectivity index is 1.65. The van der Waals surface area contributed by atoms with Crippen LogP contribution in [-0.4, -0.2) is 24.4 Å². The summed E-state index contributed by atoms with van der Waals surface area (Å²) < 4.78 is 0. The molecule has 1 aliphatic carbocycles. The number of carbonyl (C=O) groups excluding carboxylic acids is 2. The number of rotatable bonds is 5. The lowest BCUT2D eigenvalue weighted by atomic mass is 9.95. The van der Waals surface area contributed by atoms with E-state index >= 15 is 0 Å². The molecule has 0 unspecified atom stereocenters. The largest absolute Gasteiger partial charge is 0.353 e. The fourth-order valence-electron chi connectivity index (χ4n) is 2.53. The van der Waals surface area contributed by atoms with Gasteiger partial charge in [0.05, 0.1) is 0 Å². The van der Waals surface area contributed by atoms with E-state index in [1.807, 2.05) is 18.2 Å². The molecule has 0 radical (unpaired) electrons. The van der Waals surface area contributed by atoms with Crippen molar-refractivity contribution in [2.45, 2.75) is 44.6 Å². The summed E-state index contributed by atoms with van der Waals surface area (Å²) in [6.45, 7) is 0.381. The van der Waals surface area contributed by atoms with Crippen LogP contribution in [0.3, 0.4) is 0 Å². The van der Waals surface area contributed by atoms with Crippen LogP contribution in [0.25, 0.3) is 0 Å². The quantitative estimate of drug-likeness (QED) is 0.865. The Hall–Kier alpha value is -1.84. The van der Waals surface area contributed by atoms with Gasteiger partial charge in [-0.25, -0.2) is 0 Å². The molecule has 1 fully saturated rings. The van der Waals surface area contributed by atoms with E-state index in [2.05, 4.69) is 10.6 Å². The van der Waals surface area contributed by atoms with Crippen molar-refractivity contribution in [3.8, 4) is 0 Å². The molecule has 1 aromatic rings. The van der Waals surface area contributed by atoms with Gasteiger partial charge < -0.3 is 10.6 Å². The van der Waals surface area contributed by atoms with Gasteiger partial charge in [0.2, 0.25) is 5.91 Å². The maximum Gasteiger partial charge on any atom is 0.251 e. The second kappa shape index (κ2) is 7.68. The fraction of sp³-hybridized carbons (Fsp3) is 0.500. The summed E-state index contributed by atoms with van der Waals surface area (Å²) in [5.41, 5.74) is 0.625. The molecule has 2 amide bonds. The molecule has 0 bridgehead atoms. The third-order valence-corrected chi connectivity index (χ3v) is 3.64. The maximum absolute atomic E-state index is 11.8. The molecule has 1 saturated carbocycles. The van der Waals surface area contributed by atoms with Crippen molar-refractivity contribution in [3.05, 3.63) is 35.9 Å². The molecule has 108 valence electrons. The van der Waals surface area contributed by atoms with Crippen LogP contribution in [0.5, 0.6) is 0 Å². The summed E-state index contributed by atoms with van der Waals surface area (Å²) in [4.78, 5) is 23.5. The zero-order chi connectivity index (χ0) is 14.2. The molecular weight excluding hydrogens is 252 g/mol. The molecular formula is C16H22N2O2. The molecule has 0 aliphatic heterocycles. The van der Waals surface area contributed by atoms with Gasteiger partial charge in [-0.2, -0.15) is 0 Å². The lowest BCUT2D eigenvalue weighted by Crippen LogP contribution is -2.38. The van der Waals surface area contributed by atoms with Crippen molar-refractivity contribution in [1.29, 1.82) is 0 Å². The van der Waals surface area contributed by atoms with E-state index in [0.717, 1.165) is 12.8 Å². The zero-order valence-electron chi connectivity index (χ0n) is 11.7. The van der Waals surface area contributed by atoms with E-state index in [-0.39, 0.29) is 11.8 Å². The highest BCUT2D eigenvalue weighted by atomic mass is 16.2. The first-order valence-electron chi connectivity index (χ1n) is 7.38. The molecule has 0 aromatic heterocycles. The van der Waals surface area contributed by atoms with Gasteiger partial charge in [0, 0.05) is 24.6 Å². The van der Waals surface area contributed by atoms with Gasteiger partial charge in [-0.05, 0) is 25.0 Å². The normalized spacial score (nSPS) is 15.6. The van der Waals surface area contributed by atoms with E-state index in [0.29, 0.717) is 24.6 Å². The summed E-state index contributed by atoms with van der Waals surface area (Å²) in [5.74, 6) is -0.0960. The molecule has 20 heavy (non-hydrogen) atoms. The lowest BCUT2D eigenvalue weighted by molar-refractivity contribution is -0.121. The van der Waals surface area contributed by atoms with Crippen LogP contribution in [0, 0.1) is 0 Å². The molecule has 4 heteroatoms. The highest BCUT2D eigenvalue weighted by Gasteiger charge is 2.15. The Kier molecular flexibility index (Phi) is 5.59. The number of hydrogen-bond donors (Lipinski definition) is 2. The van der Waals surface area contributed by atoms with Crippen LogP contribution in [0.4, 0.5) is 0 Å². The Morgan fingerprint density at radius 2 is 1.75 bits per heavy atom. The molecule has 0 spiro atoms. The molecule has 1 aliphatic rings. The summed E-state index contributed by atoms with van der Waals surface area (Å²) >= 11 is 0. The Labute approximate surface area is 119 Å². The summed E-state index contributed by atoms with van der Waals surface area (Å²) in [7, 11) is 0. The third-order valence-electron chi connectivity index (χ3n) is 3.64. The van der Waals surface area contributed by atoms with Gasteiger partial charge in [0.15, 0.2) is 0 Å². The molecule has 1 aromatic carbocycles.